The topological polar surface area (TPSA) is 24.5 Å². The molecule has 118 valence electrons. The molecule has 1 heterocycles. The molecule has 0 saturated carbocycles. The molecule has 1 unspecified atom stereocenters. The monoisotopic (exact) mass is 290 g/mol. The molecule has 0 aromatic heterocycles. The van der Waals surface area contributed by atoms with E-state index >= 15 is 0 Å². The highest BCUT2D eigenvalue weighted by atomic mass is 16.5. The van der Waals surface area contributed by atoms with Crippen molar-refractivity contribution in [1.29, 1.82) is 0 Å². The number of ether oxygens (including phenoxy) is 1. The van der Waals surface area contributed by atoms with Crippen LogP contribution in [-0.2, 0) is 11.3 Å². The van der Waals surface area contributed by atoms with Crippen molar-refractivity contribution < 1.29 is 4.74 Å². The van der Waals surface area contributed by atoms with Gasteiger partial charge in [-0.2, -0.15) is 0 Å². The molecular weight excluding hydrogens is 260 g/mol. The third kappa shape index (κ3) is 5.01. The van der Waals surface area contributed by atoms with Crippen LogP contribution in [0.15, 0.2) is 24.3 Å². The Bertz CT molecular complexity index is 431. The van der Waals surface area contributed by atoms with Crippen LogP contribution in [0.25, 0.3) is 0 Å². The maximum Gasteiger partial charge on any atom is 0.0645 e. The fraction of sp³-hybridized carbons (Fsp3) is 0.667. The van der Waals surface area contributed by atoms with Crippen molar-refractivity contribution >= 4 is 5.69 Å². The first-order valence-corrected chi connectivity index (χ1v) is 8.24. The van der Waals surface area contributed by atoms with Crippen LogP contribution in [0.5, 0.6) is 0 Å². The maximum absolute atomic E-state index is 5.75. The number of anilines is 1. The molecule has 3 heteroatoms. The molecule has 1 aliphatic heterocycles. The largest absolute Gasteiger partial charge is 0.377 e. The number of nitrogens with zero attached hydrogens (tertiary/aromatic N) is 1. The van der Waals surface area contributed by atoms with Crippen LogP contribution in [0.3, 0.4) is 0 Å². The van der Waals surface area contributed by atoms with Gasteiger partial charge in [0.15, 0.2) is 0 Å². The van der Waals surface area contributed by atoms with Gasteiger partial charge in [-0.15, -0.1) is 0 Å². The lowest BCUT2D eigenvalue weighted by Gasteiger charge is -2.28. The summed E-state index contributed by atoms with van der Waals surface area (Å²) in [5, 5.41) is 3.72. The van der Waals surface area contributed by atoms with Gasteiger partial charge >= 0.3 is 0 Å². The van der Waals surface area contributed by atoms with Crippen LogP contribution in [0.1, 0.15) is 39.7 Å². The summed E-state index contributed by atoms with van der Waals surface area (Å²) in [5.74, 6) is 0.720. The summed E-state index contributed by atoms with van der Waals surface area (Å²) in [5.41, 5.74) is 2.76. The Morgan fingerprint density at radius 2 is 2.00 bits per heavy atom. The molecule has 0 bridgehead atoms. The van der Waals surface area contributed by atoms with Crippen molar-refractivity contribution in [3.8, 4) is 0 Å². The number of benzene rings is 1. The molecule has 1 aromatic rings. The third-order valence-electron chi connectivity index (χ3n) is 3.92. The second-order valence-electron chi connectivity index (χ2n) is 6.70. The molecule has 1 aliphatic rings. The summed E-state index contributed by atoms with van der Waals surface area (Å²) in [6.07, 6.45) is 1.52. The molecule has 1 N–H and O–H groups in total. The van der Waals surface area contributed by atoms with Crippen LogP contribution in [0, 0.1) is 5.92 Å². The highest BCUT2D eigenvalue weighted by Crippen LogP contribution is 2.24. The molecule has 1 aromatic carbocycles. The summed E-state index contributed by atoms with van der Waals surface area (Å²) in [7, 11) is 0. The zero-order valence-corrected chi connectivity index (χ0v) is 13.9. The van der Waals surface area contributed by atoms with Crippen LogP contribution in [0.4, 0.5) is 5.69 Å². The Morgan fingerprint density at radius 1 is 1.24 bits per heavy atom. The van der Waals surface area contributed by atoms with E-state index in [1.54, 1.807) is 0 Å². The zero-order chi connectivity index (χ0) is 15.2. The summed E-state index contributed by atoms with van der Waals surface area (Å²) in [6, 6.07) is 9.29. The minimum absolute atomic E-state index is 0.303. The van der Waals surface area contributed by atoms with E-state index in [-0.39, 0.29) is 0 Å². The van der Waals surface area contributed by atoms with Crippen molar-refractivity contribution in [3.05, 3.63) is 29.8 Å². The summed E-state index contributed by atoms with van der Waals surface area (Å²) >= 11 is 0. The molecular formula is C18H30N2O. The smallest absolute Gasteiger partial charge is 0.0645 e. The van der Waals surface area contributed by atoms with Gasteiger partial charge in [0.25, 0.3) is 0 Å². The fourth-order valence-corrected chi connectivity index (χ4v) is 2.99. The van der Waals surface area contributed by atoms with Crippen molar-refractivity contribution in [2.24, 2.45) is 5.92 Å². The van der Waals surface area contributed by atoms with Gasteiger partial charge in [-0.3, -0.25) is 0 Å². The summed E-state index contributed by atoms with van der Waals surface area (Å²) < 4.78 is 5.75. The van der Waals surface area contributed by atoms with E-state index in [0.29, 0.717) is 12.1 Å². The fourth-order valence-electron chi connectivity index (χ4n) is 2.99. The molecule has 0 fully saturated rings. The minimum atomic E-state index is 0.303. The van der Waals surface area contributed by atoms with Crippen LogP contribution >= 0.6 is 0 Å². The van der Waals surface area contributed by atoms with Gasteiger partial charge in [0.1, 0.15) is 0 Å². The Kier molecular flexibility index (Phi) is 6.07. The molecule has 2 rings (SSSR count). The first kappa shape index (κ1) is 16.3. The van der Waals surface area contributed by atoms with Crippen LogP contribution in [0.2, 0.25) is 0 Å². The number of hydrogen-bond donors (Lipinski definition) is 1. The van der Waals surface area contributed by atoms with Gasteiger partial charge in [0.05, 0.1) is 12.7 Å². The number of rotatable bonds is 6. The standard InChI is InChI=1S/C18H30N2O/c1-14(2)11-17-13-20(9-10-21-15(3)4)18-8-6-5-7-16(18)12-19-17/h5-8,14-15,17,19H,9-13H2,1-4H3. The molecule has 21 heavy (non-hydrogen) atoms. The third-order valence-corrected chi connectivity index (χ3v) is 3.92. The van der Waals surface area contributed by atoms with E-state index in [9.17, 15) is 0 Å². The zero-order valence-electron chi connectivity index (χ0n) is 13.9. The molecule has 0 aliphatic carbocycles. The number of para-hydroxylation sites is 1. The molecule has 1 atom stereocenters. The highest BCUT2D eigenvalue weighted by molar-refractivity contribution is 5.54. The average Bonchev–Trinajstić information content (AvgIpc) is 2.58. The Morgan fingerprint density at radius 3 is 2.71 bits per heavy atom. The molecule has 0 saturated heterocycles. The van der Waals surface area contributed by atoms with Crippen LogP contribution in [-0.4, -0.2) is 31.8 Å². The normalized spacial score (nSPS) is 19.0. The lowest BCUT2D eigenvalue weighted by molar-refractivity contribution is 0.0838. The van der Waals surface area contributed by atoms with E-state index in [2.05, 4.69) is 62.2 Å². The van der Waals surface area contributed by atoms with Gasteiger partial charge < -0.3 is 15.0 Å². The predicted molar refractivity (Wildman–Crippen MR) is 89.8 cm³/mol. The lowest BCUT2D eigenvalue weighted by atomic mass is 10.0. The van der Waals surface area contributed by atoms with Gasteiger partial charge in [0.2, 0.25) is 0 Å². The Labute approximate surface area is 129 Å². The first-order valence-electron chi connectivity index (χ1n) is 8.24. The number of hydrogen-bond acceptors (Lipinski definition) is 3. The van der Waals surface area contributed by atoms with E-state index in [1.807, 2.05) is 0 Å². The molecule has 0 spiro atoms. The van der Waals surface area contributed by atoms with Crippen molar-refractivity contribution in [3.63, 3.8) is 0 Å². The first-order chi connectivity index (χ1) is 10.1. The quantitative estimate of drug-likeness (QED) is 0.868. The average molecular weight is 290 g/mol. The SMILES string of the molecule is CC(C)CC1CN(CCOC(C)C)c2ccccc2CN1. The molecule has 0 amide bonds. The van der Waals surface area contributed by atoms with E-state index < -0.39 is 0 Å². The van der Waals surface area contributed by atoms with Crippen molar-refractivity contribution in [1.82, 2.24) is 5.32 Å². The van der Waals surface area contributed by atoms with E-state index in [0.717, 1.165) is 32.2 Å². The Balaban J connectivity index is 2.07. The summed E-state index contributed by atoms with van der Waals surface area (Å²) in [6.45, 7) is 12.6. The van der Waals surface area contributed by atoms with E-state index in [1.165, 1.54) is 17.7 Å². The maximum atomic E-state index is 5.75. The van der Waals surface area contributed by atoms with E-state index in [4.69, 9.17) is 4.74 Å². The number of nitrogens with one attached hydrogen (secondary N) is 1. The lowest BCUT2D eigenvalue weighted by Crippen LogP contribution is -2.40. The minimum Gasteiger partial charge on any atom is -0.377 e. The summed E-state index contributed by atoms with van der Waals surface area (Å²) in [4.78, 5) is 2.49. The predicted octanol–water partition coefficient (Wildman–Crippen LogP) is 3.44. The van der Waals surface area contributed by atoms with Gasteiger partial charge in [-0.25, -0.2) is 0 Å². The number of fused-ring (bicyclic) bond motifs is 1. The van der Waals surface area contributed by atoms with Crippen molar-refractivity contribution in [2.45, 2.75) is 52.8 Å². The second kappa shape index (κ2) is 7.81. The van der Waals surface area contributed by atoms with Crippen molar-refractivity contribution in [2.75, 3.05) is 24.6 Å². The second-order valence-corrected chi connectivity index (χ2v) is 6.70. The van der Waals surface area contributed by atoms with Gasteiger partial charge in [0, 0.05) is 31.4 Å². The molecule has 3 nitrogen and oxygen atoms in total. The van der Waals surface area contributed by atoms with Gasteiger partial charge in [-0.1, -0.05) is 32.0 Å². The van der Waals surface area contributed by atoms with Gasteiger partial charge in [-0.05, 0) is 37.8 Å². The Hall–Kier alpha value is -1.06. The highest BCUT2D eigenvalue weighted by Gasteiger charge is 2.21. The van der Waals surface area contributed by atoms with Crippen LogP contribution < -0.4 is 10.2 Å². The molecule has 0 radical (unpaired) electrons.